The third kappa shape index (κ3) is 6.49. The second-order valence-corrected chi connectivity index (χ2v) is 5.43. The van der Waals surface area contributed by atoms with Gasteiger partial charge in [0.05, 0.1) is 10.6 Å². The lowest BCUT2D eigenvalue weighted by atomic mass is 10.1. The molecule has 0 saturated heterocycles. The molecule has 0 fully saturated rings. The fourth-order valence-electron chi connectivity index (χ4n) is 1.70. The van der Waals surface area contributed by atoms with Crippen molar-refractivity contribution in [3.05, 3.63) is 40.4 Å². The van der Waals surface area contributed by atoms with Gasteiger partial charge in [0.1, 0.15) is 0 Å². The summed E-state index contributed by atoms with van der Waals surface area (Å²) in [4.78, 5) is 13.5. The van der Waals surface area contributed by atoms with E-state index in [0.29, 0.717) is 6.54 Å². The third-order valence-corrected chi connectivity index (χ3v) is 3.13. The van der Waals surface area contributed by atoms with Gasteiger partial charge in [0.25, 0.3) is 0 Å². The zero-order valence-electron chi connectivity index (χ0n) is 12.4. The van der Waals surface area contributed by atoms with Crippen LogP contribution in [-0.4, -0.2) is 38.0 Å². The zero-order valence-corrected chi connectivity index (χ0v) is 13.1. The van der Waals surface area contributed by atoms with Gasteiger partial charge in [0.15, 0.2) is 0 Å². The molecule has 0 atom stereocenters. The van der Waals surface area contributed by atoms with Gasteiger partial charge < -0.3 is 10.2 Å². The molecule has 0 saturated carbocycles. The summed E-state index contributed by atoms with van der Waals surface area (Å²) >= 11 is 5.53. The number of alkyl halides is 3. The number of rotatable bonds is 6. The molecule has 1 aromatic carbocycles. The van der Waals surface area contributed by atoms with Gasteiger partial charge in [-0.2, -0.15) is 13.2 Å². The van der Waals surface area contributed by atoms with E-state index in [2.05, 4.69) is 5.32 Å². The van der Waals surface area contributed by atoms with E-state index < -0.39 is 11.7 Å². The van der Waals surface area contributed by atoms with Crippen LogP contribution in [0.15, 0.2) is 24.3 Å². The van der Waals surface area contributed by atoms with Crippen molar-refractivity contribution in [3.8, 4) is 0 Å². The average molecular weight is 335 g/mol. The molecule has 1 aromatic rings. The normalized spacial score (nSPS) is 12.1. The summed E-state index contributed by atoms with van der Waals surface area (Å²) in [5.41, 5.74) is -0.650. The lowest BCUT2D eigenvalue weighted by Gasteiger charge is -2.09. The molecule has 1 rings (SSSR count). The lowest BCUT2D eigenvalue weighted by molar-refractivity contribution is -0.137. The molecule has 0 aromatic heterocycles. The van der Waals surface area contributed by atoms with Crippen molar-refractivity contribution in [2.45, 2.75) is 12.6 Å². The largest absolute Gasteiger partial charge is 0.417 e. The minimum atomic E-state index is -4.52. The van der Waals surface area contributed by atoms with Crippen molar-refractivity contribution < 1.29 is 18.0 Å². The van der Waals surface area contributed by atoms with Gasteiger partial charge in [-0.15, -0.1) is 0 Å². The van der Waals surface area contributed by atoms with Crippen LogP contribution in [0.3, 0.4) is 0 Å². The molecule has 0 radical (unpaired) electrons. The van der Waals surface area contributed by atoms with Crippen LogP contribution in [0.2, 0.25) is 5.02 Å². The fourth-order valence-corrected chi connectivity index (χ4v) is 1.93. The number of hydrogen-bond donors (Lipinski definition) is 1. The summed E-state index contributed by atoms with van der Waals surface area (Å²) in [6.45, 7) is 1.35. The number of carbonyl (C=O) groups excluding carboxylic acids is 1. The first-order valence-electron chi connectivity index (χ1n) is 6.67. The molecule has 0 aliphatic heterocycles. The van der Waals surface area contributed by atoms with Gasteiger partial charge in [-0.05, 0) is 50.8 Å². The van der Waals surface area contributed by atoms with Crippen LogP contribution in [0.5, 0.6) is 0 Å². The minimum absolute atomic E-state index is 0.264. The molecule has 22 heavy (non-hydrogen) atoms. The van der Waals surface area contributed by atoms with Crippen LogP contribution >= 0.6 is 11.6 Å². The number of halogens is 4. The summed E-state index contributed by atoms with van der Waals surface area (Å²) < 4.78 is 38.1. The Labute approximate surface area is 132 Å². The lowest BCUT2D eigenvalue weighted by Crippen LogP contribution is -2.25. The highest BCUT2D eigenvalue weighted by Gasteiger charge is 2.33. The molecule has 0 bridgehead atoms. The maximum Gasteiger partial charge on any atom is 0.417 e. The number of carbonyl (C=O) groups is 1. The second kappa shape index (κ2) is 8.19. The molecule has 7 heteroatoms. The van der Waals surface area contributed by atoms with Crippen molar-refractivity contribution in [2.75, 3.05) is 27.2 Å². The van der Waals surface area contributed by atoms with Crippen molar-refractivity contribution in [1.82, 2.24) is 10.2 Å². The highest BCUT2D eigenvalue weighted by molar-refractivity contribution is 6.31. The van der Waals surface area contributed by atoms with Gasteiger partial charge in [0.2, 0.25) is 5.91 Å². The molecule has 0 spiro atoms. The number of amides is 1. The van der Waals surface area contributed by atoms with E-state index in [4.69, 9.17) is 11.6 Å². The Bertz CT molecular complexity index is 542. The van der Waals surface area contributed by atoms with E-state index in [1.54, 1.807) is 0 Å². The van der Waals surface area contributed by atoms with Crippen LogP contribution in [0.25, 0.3) is 6.08 Å². The van der Waals surface area contributed by atoms with Gasteiger partial charge in [-0.3, -0.25) is 4.79 Å². The Morgan fingerprint density at radius 3 is 2.64 bits per heavy atom. The molecule has 0 unspecified atom stereocenters. The summed E-state index contributed by atoms with van der Waals surface area (Å²) in [5.74, 6) is -0.345. The van der Waals surface area contributed by atoms with Gasteiger partial charge in [-0.25, -0.2) is 0 Å². The van der Waals surface area contributed by atoms with E-state index in [1.165, 1.54) is 24.3 Å². The topological polar surface area (TPSA) is 32.3 Å². The van der Waals surface area contributed by atoms with E-state index in [-0.39, 0.29) is 16.5 Å². The first-order chi connectivity index (χ1) is 10.2. The number of hydrogen-bond acceptors (Lipinski definition) is 2. The molecule has 1 amide bonds. The van der Waals surface area contributed by atoms with E-state index in [1.807, 2.05) is 19.0 Å². The average Bonchev–Trinajstić information content (AvgIpc) is 2.41. The summed E-state index contributed by atoms with van der Waals surface area (Å²) in [5, 5.41) is 2.30. The molecule has 1 N–H and O–H groups in total. The molecule has 0 aliphatic rings. The number of benzene rings is 1. The van der Waals surface area contributed by atoms with E-state index >= 15 is 0 Å². The van der Waals surface area contributed by atoms with Crippen molar-refractivity contribution in [1.29, 1.82) is 0 Å². The molecule has 0 aliphatic carbocycles. The van der Waals surface area contributed by atoms with Gasteiger partial charge >= 0.3 is 6.18 Å². The zero-order chi connectivity index (χ0) is 16.8. The Morgan fingerprint density at radius 2 is 2.05 bits per heavy atom. The minimum Gasteiger partial charge on any atom is -0.353 e. The Morgan fingerprint density at radius 1 is 1.36 bits per heavy atom. The molecule has 3 nitrogen and oxygen atoms in total. The number of nitrogens with one attached hydrogen (secondary N) is 1. The first-order valence-corrected chi connectivity index (χ1v) is 7.05. The van der Waals surface area contributed by atoms with Gasteiger partial charge in [-0.1, -0.05) is 17.7 Å². The highest BCUT2D eigenvalue weighted by Crippen LogP contribution is 2.35. The predicted octanol–water partition coefficient (Wildman–Crippen LogP) is 3.44. The molecular weight excluding hydrogens is 317 g/mol. The van der Waals surface area contributed by atoms with Crippen molar-refractivity contribution in [3.63, 3.8) is 0 Å². The third-order valence-electron chi connectivity index (χ3n) is 2.80. The van der Waals surface area contributed by atoms with Crippen LogP contribution in [0.4, 0.5) is 13.2 Å². The Balaban J connectivity index is 2.61. The smallest absolute Gasteiger partial charge is 0.353 e. The predicted molar refractivity (Wildman–Crippen MR) is 81.7 cm³/mol. The number of nitrogens with zero attached hydrogens (tertiary/aromatic N) is 1. The summed E-state index contributed by atoms with van der Waals surface area (Å²) in [6.07, 6.45) is -1.19. The summed E-state index contributed by atoms with van der Waals surface area (Å²) in [7, 11) is 3.86. The van der Waals surface area contributed by atoms with Crippen molar-refractivity contribution in [2.24, 2.45) is 0 Å². The van der Waals surface area contributed by atoms with E-state index in [0.717, 1.165) is 19.0 Å². The molecular formula is C15H18ClF3N2O. The quantitative estimate of drug-likeness (QED) is 0.638. The fraction of sp³-hybridized carbons (Fsp3) is 0.400. The van der Waals surface area contributed by atoms with Gasteiger partial charge in [0, 0.05) is 12.6 Å². The first kappa shape index (κ1) is 18.5. The SMILES string of the molecule is CN(C)CCCNC(=O)C=Cc1ccc(Cl)c(C(F)(F)F)c1. The Kier molecular flexibility index (Phi) is 6.90. The highest BCUT2D eigenvalue weighted by atomic mass is 35.5. The molecule has 0 heterocycles. The standard InChI is InChI=1S/C15H18ClF3N2O/c1-21(2)9-3-8-20-14(22)7-5-11-4-6-13(16)12(10-11)15(17,18)19/h4-7,10H,3,8-9H2,1-2H3,(H,20,22). The summed E-state index contributed by atoms with van der Waals surface area (Å²) in [6, 6.07) is 3.50. The second-order valence-electron chi connectivity index (χ2n) is 5.02. The maximum absolute atomic E-state index is 12.7. The van der Waals surface area contributed by atoms with Crippen LogP contribution in [-0.2, 0) is 11.0 Å². The van der Waals surface area contributed by atoms with Crippen molar-refractivity contribution >= 4 is 23.6 Å². The molecule has 122 valence electrons. The van der Waals surface area contributed by atoms with Crippen LogP contribution < -0.4 is 5.32 Å². The Hall–Kier alpha value is -1.53. The van der Waals surface area contributed by atoms with Crippen LogP contribution in [0, 0.1) is 0 Å². The van der Waals surface area contributed by atoms with E-state index in [9.17, 15) is 18.0 Å². The van der Waals surface area contributed by atoms with Crippen LogP contribution in [0.1, 0.15) is 17.5 Å². The monoisotopic (exact) mass is 334 g/mol. The maximum atomic E-state index is 12.7.